The van der Waals surface area contributed by atoms with Crippen LogP contribution in [0.2, 0.25) is 0 Å². The second-order valence-corrected chi connectivity index (χ2v) is 17.3. The molecular weight excluding hydrogens is 719 g/mol. The van der Waals surface area contributed by atoms with Gasteiger partial charge in [0.1, 0.15) is 11.6 Å². The predicted molar refractivity (Wildman–Crippen MR) is 249 cm³/mol. The molecule has 296 valence electrons. The van der Waals surface area contributed by atoms with E-state index >= 15 is 0 Å². The summed E-state index contributed by atoms with van der Waals surface area (Å²) < 4.78 is 102. The Labute approximate surface area is 367 Å². The Morgan fingerprint density at radius 2 is 1.27 bits per heavy atom. The van der Waals surface area contributed by atoms with Gasteiger partial charge < -0.3 is 5.11 Å². The predicted octanol–water partition coefficient (Wildman–Crippen LogP) is 14.7. The molecule has 0 fully saturated rings. The maximum Gasteiger partial charge on any atom is 0.149 e. The lowest BCUT2D eigenvalue weighted by atomic mass is 9.81. The van der Waals surface area contributed by atoms with Crippen LogP contribution < -0.4 is 0 Å². The zero-order valence-electron chi connectivity index (χ0n) is 46.1. The van der Waals surface area contributed by atoms with Crippen LogP contribution in [-0.2, 0) is 16.2 Å². The molecule has 0 aliphatic carbocycles. The molecule has 4 heteroatoms. The molecule has 0 saturated heterocycles. The van der Waals surface area contributed by atoms with Crippen LogP contribution in [0.5, 0.6) is 5.75 Å². The molecule has 2 aromatic heterocycles. The van der Waals surface area contributed by atoms with Gasteiger partial charge in [0.15, 0.2) is 0 Å². The van der Waals surface area contributed by atoms with E-state index in [1.54, 1.807) is 30.5 Å². The number of hydrogen-bond acceptors (Lipinski definition) is 3. The van der Waals surface area contributed by atoms with Gasteiger partial charge in [-0.3, -0.25) is 9.55 Å². The van der Waals surface area contributed by atoms with Gasteiger partial charge in [0.25, 0.3) is 0 Å². The van der Waals surface area contributed by atoms with E-state index in [4.69, 9.17) is 26.4 Å². The molecule has 0 aliphatic heterocycles. The Bertz CT molecular complexity index is 3240. The van der Waals surface area contributed by atoms with Crippen LogP contribution in [-0.4, -0.2) is 19.6 Å². The van der Waals surface area contributed by atoms with Gasteiger partial charge in [-0.05, 0) is 116 Å². The van der Waals surface area contributed by atoms with Gasteiger partial charge in [0.2, 0.25) is 0 Å². The summed E-state index contributed by atoms with van der Waals surface area (Å²) in [5, 5.41) is 12.4. The topological polar surface area (TPSA) is 50.9 Å². The number of imidazole rings is 1. The summed E-state index contributed by atoms with van der Waals surface area (Å²) in [6, 6.07) is 42.4. The first-order valence-electron chi connectivity index (χ1n) is 25.7. The Hall–Kier alpha value is -6.26. The van der Waals surface area contributed by atoms with E-state index in [0.29, 0.717) is 28.0 Å². The molecule has 0 aliphatic rings. The van der Waals surface area contributed by atoms with Gasteiger partial charge in [-0.1, -0.05) is 159 Å². The highest BCUT2D eigenvalue weighted by Crippen LogP contribution is 2.44. The highest BCUT2D eigenvalue weighted by Gasteiger charge is 2.27. The van der Waals surface area contributed by atoms with E-state index in [1.807, 2.05) is 89.5 Å². The number of fused-ring (bicyclic) bond motifs is 1. The molecule has 0 saturated carbocycles. The SMILES string of the molecule is [2H]C([2H])([2H])c1ccc(-c2ccnc(-c3cc(-c4cccc5c4nc(-c4cccc(C(C([2H])([2H])[2H])(C([2H])([2H])[2H])C([2H])([2H])[2H])c4O)n5-c4ccc(-c5ccccc5)c(C(C)(C)C)c4)cc(C(C)(C)C)c3)c2)cc1. The normalized spacial score (nSPS) is 16.2. The molecule has 0 bridgehead atoms. The lowest BCUT2D eigenvalue weighted by Crippen LogP contribution is -2.14. The van der Waals surface area contributed by atoms with Crippen molar-refractivity contribution >= 4 is 11.0 Å². The number of phenolic OH excluding ortho intramolecular Hbond substituents is 1. The van der Waals surface area contributed by atoms with Crippen molar-refractivity contribution in [1.82, 2.24) is 14.5 Å². The zero-order chi connectivity index (χ0) is 51.9. The average Bonchev–Trinajstić information content (AvgIpc) is 3.67. The quantitative estimate of drug-likeness (QED) is 0.183. The number of benzene rings is 6. The third-order valence-electron chi connectivity index (χ3n) is 10.9. The molecule has 1 N–H and O–H groups in total. The highest BCUT2D eigenvalue weighted by atomic mass is 16.3. The van der Waals surface area contributed by atoms with Crippen LogP contribution in [0.1, 0.15) is 101 Å². The number of pyridine rings is 1. The fourth-order valence-corrected chi connectivity index (χ4v) is 7.76. The summed E-state index contributed by atoms with van der Waals surface area (Å²) in [4.78, 5) is 10.1. The molecule has 8 aromatic rings. The van der Waals surface area contributed by atoms with Crippen molar-refractivity contribution in [3.8, 4) is 67.5 Å². The Morgan fingerprint density at radius 1 is 0.542 bits per heavy atom. The molecule has 2 heterocycles. The van der Waals surface area contributed by atoms with Crippen molar-refractivity contribution < 1.29 is 21.6 Å². The third kappa shape index (κ3) is 7.72. The Kier molecular flexibility index (Phi) is 6.90. The molecule has 4 nitrogen and oxygen atoms in total. The summed E-state index contributed by atoms with van der Waals surface area (Å²) in [6.07, 6.45) is 1.72. The number of phenols is 1. The summed E-state index contributed by atoms with van der Waals surface area (Å²) >= 11 is 0. The van der Waals surface area contributed by atoms with Crippen LogP contribution in [0, 0.1) is 6.85 Å². The average molecular weight is 786 g/mol. The number of para-hydroxylation sites is 2. The summed E-state index contributed by atoms with van der Waals surface area (Å²) in [5.74, 6) is -0.720. The Morgan fingerprint density at radius 3 is 1.98 bits per heavy atom. The van der Waals surface area contributed by atoms with Gasteiger partial charge in [0.05, 0.1) is 22.3 Å². The molecule has 0 atom stereocenters. The van der Waals surface area contributed by atoms with Crippen molar-refractivity contribution in [1.29, 1.82) is 0 Å². The first-order valence-corrected chi connectivity index (χ1v) is 19.7. The van der Waals surface area contributed by atoms with E-state index in [2.05, 4.69) is 53.7 Å². The van der Waals surface area contributed by atoms with Gasteiger partial charge in [-0.15, -0.1) is 0 Å². The Balaban J connectivity index is 1.42. The van der Waals surface area contributed by atoms with Gasteiger partial charge in [0, 0.05) is 39.5 Å². The number of aromatic nitrogens is 3. The maximum atomic E-state index is 12.4. The molecule has 8 rings (SSSR count). The number of aromatic hydroxyl groups is 1. The van der Waals surface area contributed by atoms with Gasteiger partial charge >= 0.3 is 0 Å². The van der Waals surface area contributed by atoms with E-state index < -0.39 is 44.1 Å². The van der Waals surface area contributed by atoms with Crippen LogP contribution in [0.15, 0.2) is 146 Å². The molecule has 59 heavy (non-hydrogen) atoms. The fourth-order valence-electron chi connectivity index (χ4n) is 7.76. The molecule has 0 spiro atoms. The van der Waals surface area contributed by atoms with Crippen LogP contribution in [0.25, 0.3) is 72.7 Å². The lowest BCUT2D eigenvalue weighted by molar-refractivity contribution is 0.448. The minimum atomic E-state index is -3.63. The number of hydrogen-bond donors (Lipinski definition) is 1. The number of aryl methyl sites for hydroxylation is 1. The smallest absolute Gasteiger partial charge is 0.149 e. The van der Waals surface area contributed by atoms with Gasteiger partial charge in [-0.25, -0.2) is 4.98 Å². The summed E-state index contributed by atoms with van der Waals surface area (Å²) in [5.41, 5.74) is 5.47. The minimum absolute atomic E-state index is 0.0757. The molecule has 0 amide bonds. The van der Waals surface area contributed by atoms with Gasteiger partial charge in [-0.2, -0.15) is 0 Å². The first kappa shape index (κ1) is 27.4. The van der Waals surface area contributed by atoms with E-state index in [9.17, 15) is 5.11 Å². The highest BCUT2D eigenvalue weighted by molar-refractivity contribution is 5.97. The lowest BCUT2D eigenvalue weighted by Gasteiger charge is -2.25. The zero-order valence-corrected chi connectivity index (χ0v) is 34.1. The standard InChI is InChI=1S/C55H55N3O/c1-35-22-24-36(25-23-35)38-28-29-56-48(33-38)40-30-39(31-41(32-40)53(2,3)4)44-18-15-21-49-50(44)57-52(45-19-14-20-46(51(45)59)54(5,6)7)58(49)42-26-27-43(37-16-12-11-13-17-37)47(34-42)55(8,9)10/h11-34,59H,1-10H3/i1D3,5D3,6D3,7D3. The second-order valence-electron chi connectivity index (χ2n) is 17.3. The van der Waals surface area contributed by atoms with Crippen LogP contribution in [0.4, 0.5) is 0 Å². The molecular formula is C55H55N3O. The molecule has 6 aromatic carbocycles. The monoisotopic (exact) mass is 786 g/mol. The second kappa shape index (κ2) is 14.8. The van der Waals surface area contributed by atoms with E-state index in [-0.39, 0.29) is 27.8 Å². The maximum absolute atomic E-state index is 12.4. The fraction of sp³-hybridized carbons (Fsp3) is 0.236. The van der Waals surface area contributed by atoms with E-state index in [0.717, 1.165) is 50.6 Å². The summed E-state index contributed by atoms with van der Waals surface area (Å²) in [7, 11) is 0. The van der Waals surface area contributed by atoms with Crippen molar-refractivity contribution in [3.05, 3.63) is 168 Å². The van der Waals surface area contributed by atoms with Crippen molar-refractivity contribution in [2.24, 2.45) is 0 Å². The number of rotatable bonds is 6. The van der Waals surface area contributed by atoms with E-state index in [1.165, 1.54) is 12.1 Å². The number of nitrogens with zero attached hydrogens (tertiary/aromatic N) is 3. The minimum Gasteiger partial charge on any atom is -0.507 e. The molecule has 0 radical (unpaired) electrons. The first-order chi connectivity index (χ1) is 32.9. The van der Waals surface area contributed by atoms with Crippen LogP contribution in [0.3, 0.4) is 0 Å². The van der Waals surface area contributed by atoms with Crippen LogP contribution >= 0.6 is 0 Å². The van der Waals surface area contributed by atoms with Crippen molar-refractivity contribution in [3.63, 3.8) is 0 Å². The third-order valence-corrected chi connectivity index (χ3v) is 10.9. The largest absolute Gasteiger partial charge is 0.507 e. The molecule has 0 unspecified atom stereocenters. The van der Waals surface area contributed by atoms with Crippen molar-refractivity contribution in [2.75, 3.05) is 0 Å². The van der Waals surface area contributed by atoms with Crippen molar-refractivity contribution in [2.45, 2.75) is 85.2 Å². The summed E-state index contributed by atoms with van der Waals surface area (Å²) in [6.45, 7) is -0.463.